The lowest BCUT2D eigenvalue weighted by Gasteiger charge is -2.37. The molecule has 1 aliphatic carbocycles. The molecule has 3 unspecified atom stereocenters. The zero-order valence-electron chi connectivity index (χ0n) is 21.0. The minimum atomic E-state index is 0.302. The Kier molecular flexibility index (Phi) is 6.01. The number of nitrogens with one attached hydrogen (secondary N) is 1. The Hall–Kier alpha value is -3.20. The van der Waals surface area contributed by atoms with E-state index in [9.17, 15) is 0 Å². The third-order valence-electron chi connectivity index (χ3n) is 8.07. The fourth-order valence-corrected chi connectivity index (χ4v) is 6.32. The Bertz CT molecular complexity index is 1380. The first kappa shape index (κ1) is 22.3. The van der Waals surface area contributed by atoms with E-state index in [1.807, 2.05) is 0 Å². The molecule has 1 aromatic heterocycles. The minimum absolute atomic E-state index is 0.302. The van der Waals surface area contributed by atoms with Crippen molar-refractivity contribution in [2.75, 3.05) is 11.9 Å². The Morgan fingerprint density at radius 1 is 0.914 bits per heavy atom. The van der Waals surface area contributed by atoms with Crippen LogP contribution in [0, 0.1) is 5.92 Å². The summed E-state index contributed by atoms with van der Waals surface area (Å²) in [4.78, 5) is 0. The molecule has 6 rings (SSSR count). The highest BCUT2D eigenvalue weighted by atomic mass is 16.5. The number of hydrogen-bond acceptors (Lipinski definition) is 2. The first-order chi connectivity index (χ1) is 17.3. The van der Waals surface area contributed by atoms with Crippen LogP contribution in [0.15, 0.2) is 72.8 Å². The molecule has 3 atom stereocenters. The summed E-state index contributed by atoms with van der Waals surface area (Å²) < 4.78 is 8.56. The lowest BCUT2D eigenvalue weighted by Crippen LogP contribution is -2.29. The standard InChI is InChI=1S/C32H36N2O/c1-3-5-6-9-19-35-23-16-17-29-27(21-23)24-12-10-13-26(24)32(33-29)22-15-18-31-28(20-22)25-11-7-8-14-30(25)34(31)4-2/h7-8,10-12,14-18,20-21,24,26,32-33H,3-6,9,13,19H2,1-2H3. The number of allylic oxidation sites excluding steroid dienone is 2. The number of fused-ring (bicyclic) bond motifs is 6. The van der Waals surface area contributed by atoms with Gasteiger partial charge in [0.2, 0.25) is 0 Å². The van der Waals surface area contributed by atoms with Crippen LogP contribution in [0.5, 0.6) is 5.75 Å². The van der Waals surface area contributed by atoms with Gasteiger partial charge in [0.1, 0.15) is 5.75 Å². The summed E-state index contributed by atoms with van der Waals surface area (Å²) in [6, 6.07) is 22.9. The third-order valence-corrected chi connectivity index (χ3v) is 8.07. The second-order valence-corrected chi connectivity index (χ2v) is 10.2. The van der Waals surface area contributed by atoms with E-state index in [0.29, 0.717) is 17.9 Å². The molecule has 0 saturated carbocycles. The molecule has 4 aromatic rings. The number of aromatic nitrogens is 1. The number of aryl methyl sites for hydroxylation is 1. The molecule has 2 heterocycles. The summed E-state index contributed by atoms with van der Waals surface area (Å²) in [7, 11) is 0. The van der Waals surface area contributed by atoms with Gasteiger partial charge in [-0.1, -0.05) is 62.6 Å². The molecule has 0 radical (unpaired) electrons. The van der Waals surface area contributed by atoms with Crippen LogP contribution in [0.1, 0.15) is 69.0 Å². The van der Waals surface area contributed by atoms with Gasteiger partial charge < -0.3 is 14.6 Å². The molecule has 0 fully saturated rings. The summed E-state index contributed by atoms with van der Waals surface area (Å²) >= 11 is 0. The topological polar surface area (TPSA) is 26.2 Å². The second-order valence-electron chi connectivity index (χ2n) is 10.2. The molecule has 0 amide bonds. The lowest BCUT2D eigenvalue weighted by atomic mass is 9.77. The summed E-state index contributed by atoms with van der Waals surface area (Å²) in [5, 5.41) is 6.64. The Labute approximate surface area is 208 Å². The summed E-state index contributed by atoms with van der Waals surface area (Å²) in [6.45, 7) is 6.27. The van der Waals surface area contributed by atoms with Gasteiger partial charge in [-0.3, -0.25) is 0 Å². The average Bonchev–Trinajstić information content (AvgIpc) is 3.51. The molecule has 180 valence electrons. The number of nitrogens with zero attached hydrogens (tertiary/aromatic N) is 1. The zero-order valence-corrected chi connectivity index (χ0v) is 21.0. The number of ether oxygens (including phenoxy) is 1. The molecule has 0 spiro atoms. The van der Waals surface area contributed by atoms with Crippen LogP contribution in [0.4, 0.5) is 5.69 Å². The van der Waals surface area contributed by atoms with Crippen LogP contribution in [0.2, 0.25) is 0 Å². The molecule has 1 N–H and O–H groups in total. The van der Waals surface area contributed by atoms with Gasteiger partial charge in [0, 0.05) is 40.0 Å². The number of hydrogen-bond donors (Lipinski definition) is 1. The highest BCUT2D eigenvalue weighted by Crippen LogP contribution is 2.51. The van der Waals surface area contributed by atoms with E-state index in [1.54, 1.807) is 0 Å². The molecule has 3 nitrogen and oxygen atoms in total. The van der Waals surface area contributed by atoms with Crippen molar-refractivity contribution in [3.05, 3.63) is 83.9 Å². The van der Waals surface area contributed by atoms with E-state index in [-0.39, 0.29) is 0 Å². The van der Waals surface area contributed by atoms with Gasteiger partial charge in [-0.2, -0.15) is 0 Å². The molecule has 35 heavy (non-hydrogen) atoms. The molecular formula is C32H36N2O. The molecule has 1 aliphatic heterocycles. The van der Waals surface area contributed by atoms with Crippen molar-refractivity contribution in [3.8, 4) is 5.75 Å². The van der Waals surface area contributed by atoms with Crippen LogP contribution in [0.25, 0.3) is 21.8 Å². The molecule has 3 aromatic carbocycles. The molecule has 0 saturated heterocycles. The molecule has 2 aliphatic rings. The van der Waals surface area contributed by atoms with Crippen molar-refractivity contribution in [1.82, 2.24) is 4.57 Å². The van der Waals surface area contributed by atoms with E-state index in [0.717, 1.165) is 31.7 Å². The quantitative estimate of drug-likeness (QED) is 0.209. The van der Waals surface area contributed by atoms with E-state index in [1.165, 1.54) is 57.9 Å². The number of rotatable bonds is 8. The Balaban J connectivity index is 1.31. The van der Waals surface area contributed by atoms with Crippen LogP contribution in [-0.2, 0) is 6.54 Å². The van der Waals surface area contributed by atoms with Gasteiger partial charge in [0.25, 0.3) is 0 Å². The minimum Gasteiger partial charge on any atom is -0.494 e. The van der Waals surface area contributed by atoms with Gasteiger partial charge >= 0.3 is 0 Å². The average molecular weight is 465 g/mol. The van der Waals surface area contributed by atoms with Crippen molar-refractivity contribution in [3.63, 3.8) is 0 Å². The van der Waals surface area contributed by atoms with Crippen molar-refractivity contribution in [2.24, 2.45) is 5.92 Å². The first-order valence-electron chi connectivity index (χ1n) is 13.5. The van der Waals surface area contributed by atoms with Gasteiger partial charge in [0.05, 0.1) is 12.6 Å². The maximum absolute atomic E-state index is 6.13. The Morgan fingerprint density at radius 3 is 2.69 bits per heavy atom. The van der Waals surface area contributed by atoms with Gasteiger partial charge in [-0.05, 0) is 73.2 Å². The SMILES string of the molecule is CCCCCCOc1ccc2c(c1)C1C=CCC1C(c1ccc3c(c1)c1ccccc1n3CC)N2. The van der Waals surface area contributed by atoms with Crippen molar-refractivity contribution in [2.45, 2.75) is 64.5 Å². The fourth-order valence-electron chi connectivity index (χ4n) is 6.32. The van der Waals surface area contributed by atoms with E-state index < -0.39 is 0 Å². The number of benzene rings is 3. The maximum Gasteiger partial charge on any atom is 0.119 e. The summed E-state index contributed by atoms with van der Waals surface area (Å²) in [5.41, 5.74) is 6.67. The van der Waals surface area contributed by atoms with Gasteiger partial charge in [0.15, 0.2) is 0 Å². The molecule has 0 bridgehead atoms. The summed E-state index contributed by atoms with van der Waals surface area (Å²) in [6.07, 6.45) is 10.8. The van der Waals surface area contributed by atoms with E-state index >= 15 is 0 Å². The van der Waals surface area contributed by atoms with Crippen LogP contribution in [0.3, 0.4) is 0 Å². The van der Waals surface area contributed by atoms with Crippen molar-refractivity contribution < 1.29 is 4.74 Å². The normalized spacial score (nSPS) is 20.7. The number of unbranched alkanes of at least 4 members (excludes halogenated alkanes) is 3. The monoisotopic (exact) mass is 464 g/mol. The highest BCUT2D eigenvalue weighted by molar-refractivity contribution is 6.08. The summed E-state index contributed by atoms with van der Waals surface area (Å²) in [5.74, 6) is 1.97. The van der Waals surface area contributed by atoms with E-state index in [2.05, 4.69) is 96.5 Å². The van der Waals surface area contributed by atoms with Crippen molar-refractivity contribution in [1.29, 1.82) is 0 Å². The van der Waals surface area contributed by atoms with Crippen LogP contribution in [-0.4, -0.2) is 11.2 Å². The highest BCUT2D eigenvalue weighted by Gasteiger charge is 2.38. The smallest absolute Gasteiger partial charge is 0.119 e. The predicted octanol–water partition coefficient (Wildman–Crippen LogP) is 8.60. The second kappa shape index (κ2) is 9.45. The number of para-hydroxylation sites is 1. The maximum atomic E-state index is 6.13. The molecule has 3 heteroatoms. The van der Waals surface area contributed by atoms with Crippen molar-refractivity contribution >= 4 is 27.5 Å². The molecular weight excluding hydrogens is 428 g/mol. The zero-order chi connectivity index (χ0) is 23.8. The van der Waals surface area contributed by atoms with Crippen LogP contribution < -0.4 is 10.1 Å². The van der Waals surface area contributed by atoms with Gasteiger partial charge in [-0.25, -0.2) is 0 Å². The Morgan fingerprint density at radius 2 is 1.80 bits per heavy atom. The fraction of sp³-hybridized carbons (Fsp3) is 0.375. The van der Waals surface area contributed by atoms with Gasteiger partial charge in [-0.15, -0.1) is 0 Å². The van der Waals surface area contributed by atoms with Crippen LogP contribution >= 0.6 is 0 Å². The largest absolute Gasteiger partial charge is 0.494 e. The lowest BCUT2D eigenvalue weighted by molar-refractivity contribution is 0.304. The van der Waals surface area contributed by atoms with E-state index in [4.69, 9.17) is 4.74 Å². The predicted molar refractivity (Wildman–Crippen MR) is 148 cm³/mol. The third kappa shape index (κ3) is 3.91. The number of anilines is 1. The first-order valence-corrected chi connectivity index (χ1v) is 13.5.